The zero-order valence-corrected chi connectivity index (χ0v) is 13.0. The van der Waals surface area contributed by atoms with Crippen LogP contribution in [0.2, 0.25) is 0 Å². The minimum atomic E-state index is 0.368. The maximum absolute atomic E-state index is 5.75. The second-order valence-electron chi connectivity index (χ2n) is 6.35. The molecule has 2 rings (SSSR count). The Morgan fingerprint density at radius 2 is 1.85 bits per heavy atom. The molecule has 112 valence electrons. The Hall–Kier alpha value is -1.22. The first-order valence-corrected chi connectivity index (χ1v) is 7.64. The van der Waals surface area contributed by atoms with Crippen molar-refractivity contribution in [3.05, 3.63) is 23.8 Å². The molecule has 1 aromatic rings. The molecule has 0 radical (unpaired) electrons. The average Bonchev–Trinajstić information content (AvgIpc) is 2.68. The van der Waals surface area contributed by atoms with Gasteiger partial charge in [0.25, 0.3) is 0 Å². The lowest BCUT2D eigenvalue weighted by molar-refractivity contribution is 0.296. The topological polar surface area (TPSA) is 30.5 Å². The van der Waals surface area contributed by atoms with Crippen LogP contribution in [0.1, 0.15) is 38.7 Å². The van der Waals surface area contributed by atoms with Crippen LogP contribution in [-0.4, -0.2) is 26.8 Å². The molecule has 0 amide bonds. The lowest BCUT2D eigenvalue weighted by Crippen LogP contribution is -2.20. The average molecular weight is 277 g/mol. The summed E-state index contributed by atoms with van der Waals surface area (Å²) < 4.78 is 11.4. The van der Waals surface area contributed by atoms with Crippen molar-refractivity contribution < 1.29 is 9.47 Å². The molecule has 1 N–H and O–H groups in total. The van der Waals surface area contributed by atoms with Crippen molar-refractivity contribution >= 4 is 0 Å². The third kappa shape index (κ3) is 4.41. The predicted molar refractivity (Wildman–Crippen MR) is 82.7 cm³/mol. The second-order valence-corrected chi connectivity index (χ2v) is 6.35. The van der Waals surface area contributed by atoms with Crippen LogP contribution < -0.4 is 14.8 Å². The molecule has 0 saturated carbocycles. The minimum absolute atomic E-state index is 0.368. The van der Waals surface area contributed by atoms with Gasteiger partial charge in [-0.25, -0.2) is 0 Å². The Morgan fingerprint density at radius 3 is 2.60 bits per heavy atom. The molecule has 0 aromatic heterocycles. The number of aryl methyl sites for hydroxylation is 1. The van der Waals surface area contributed by atoms with E-state index < -0.39 is 0 Å². The summed E-state index contributed by atoms with van der Waals surface area (Å²) in [6, 6.07) is 6.37. The highest BCUT2D eigenvalue weighted by molar-refractivity contribution is 5.43. The summed E-state index contributed by atoms with van der Waals surface area (Å²) in [4.78, 5) is 0. The van der Waals surface area contributed by atoms with Crippen LogP contribution in [0.4, 0.5) is 0 Å². The van der Waals surface area contributed by atoms with Crippen molar-refractivity contribution in [2.75, 3.05) is 26.8 Å². The maximum Gasteiger partial charge on any atom is 0.161 e. The Bertz CT molecular complexity index is 429. The lowest BCUT2D eigenvalue weighted by Gasteiger charge is -2.24. The molecular formula is C17H27NO2. The monoisotopic (exact) mass is 277 g/mol. The van der Waals surface area contributed by atoms with E-state index in [0.717, 1.165) is 44.1 Å². The van der Waals surface area contributed by atoms with E-state index in [1.54, 1.807) is 0 Å². The number of ether oxygens (including phenoxy) is 2. The van der Waals surface area contributed by atoms with Crippen LogP contribution in [0.25, 0.3) is 0 Å². The molecule has 0 saturated heterocycles. The van der Waals surface area contributed by atoms with Crippen LogP contribution in [0.15, 0.2) is 18.2 Å². The number of fused-ring (bicyclic) bond motifs is 1. The molecule has 3 nitrogen and oxygen atoms in total. The van der Waals surface area contributed by atoms with Gasteiger partial charge >= 0.3 is 0 Å². The smallest absolute Gasteiger partial charge is 0.161 e. The van der Waals surface area contributed by atoms with Crippen LogP contribution in [-0.2, 0) is 6.42 Å². The molecule has 1 heterocycles. The Balaban J connectivity index is 1.95. The Labute approximate surface area is 122 Å². The van der Waals surface area contributed by atoms with E-state index in [4.69, 9.17) is 9.47 Å². The van der Waals surface area contributed by atoms with Crippen molar-refractivity contribution in [2.45, 2.75) is 39.5 Å². The SMILES string of the molecule is CNCCC(C)(C)CCc1ccc2c(c1)OCCCO2. The highest BCUT2D eigenvalue weighted by atomic mass is 16.5. The summed E-state index contributed by atoms with van der Waals surface area (Å²) in [5, 5.41) is 3.23. The molecule has 0 bridgehead atoms. The van der Waals surface area contributed by atoms with E-state index in [2.05, 4.69) is 37.4 Å². The van der Waals surface area contributed by atoms with Crippen LogP contribution in [0.3, 0.4) is 0 Å². The fraction of sp³-hybridized carbons (Fsp3) is 0.647. The van der Waals surface area contributed by atoms with Crippen molar-refractivity contribution in [1.29, 1.82) is 0 Å². The van der Waals surface area contributed by atoms with Crippen molar-refractivity contribution in [2.24, 2.45) is 5.41 Å². The van der Waals surface area contributed by atoms with Gasteiger partial charge in [-0.2, -0.15) is 0 Å². The summed E-state index contributed by atoms with van der Waals surface area (Å²) in [6.07, 6.45) is 4.44. The molecule has 0 atom stereocenters. The van der Waals surface area contributed by atoms with Gasteiger partial charge in [0.15, 0.2) is 11.5 Å². The molecule has 20 heavy (non-hydrogen) atoms. The van der Waals surface area contributed by atoms with Gasteiger partial charge in [0.1, 0.15) is 0 Å². The molecule has 1 aromatic carbocycles. The Kier molecular flexibility index (Phi) is 5.30. The molecule has 0 unspecified atom stereocenters. The van der Waals surface area contributed by atoms with Crippen LogP contribution in [0, 0.1) is 5.41 Å². The predicted octanol–water partition coefficient (Wildman–Crippen LogP) is 3.42. The van der Waals surface area contributed by atoms with Gasteiger partial charge in [0.2, 0.25) is 0 Å². The summed E-state index contributed by atoms with van der Waals surface area (Å²) in [7, 11) is 2.01. The first-order valence-electron chi connectivity index (χ1n) is 7.64. The van der Waals surface area contributed by atoms with Gasteiger partial charge < -0.3 is 14.8 Å². The van der Waals surface area contributed by atoms with Crippen LogP contribution in [0.5, 0.6) is 11.5 Å². The quantitative estimate of drug-likeness (QED) is 0.864. The van der Waals surface area contributed by atoms with E-state index in [-0.39, 0.29) is 0 Å². The molecule has 3 heteroatoms. The number of rotatable bonds is 6. The zero-order valence-electron chi connectivity index (χ0n) is 13.0. The van der Waals surface area contributed by atoms with Gasteiger partial charge in [0, 0.05) is 6.42 Å². The maximum atomic E-state index is 5.75. The summed E-state index contributed by atoms with van der Waals surface area (Å²) >= 11 is 0. The largest absolute Gasteiger partial charge is 0.490 e. The Morgan fingerprint density at radius 1 is 1.10 bits per heavy atom. The highest BCUT2D eigenvalue weighted by Gasteiger charge is 2.18. The summed E-state index contributed by atoms with van der Waals surface area (Å²) in [6.45, 7) is 7.27. The van der Waals surface area contributed by atoms with Gasteiger partial charge in [-0.15, -0.1) is 0 Å². The van der Waals surface area contributed by atoms with Crippen molar-refractivity contribution in [1.82, 2.24) is 5.32 Å². The number of nitrogens with one attached hydrogen (secondary N) is 1. The molecular weight excluding hydrogens is 250 g/mol. The van der Waals surface area contributed by atoms with Crippen molar-refractivity contribution in [3.8, 4) is 11.5 Å². The fourth-order valence-electron chi connectivity index (χ4n) is 2.43. The molecule has 0 aliphatic carbocycles. The van der Waals surface area contributed by atoms with Crippen molar-refractivity contribution in [3.63, 3.8) is 0 Å². The number of hydrogen-bond acceptors (Lipinski definition) is 3. The first kappa shape index (κ1) is 15.2. The minimum Gasteiger partial charge on any atom is -0.490 e. The fourth-order valence-corrected chi connectivity index (χ4v) is 2.43. The van der Waals surface area contributed by atoms with E-state index in [0.29, 0.717) is 5.41 Å². The standard InChI is InChI=1S/C17H27NO2/c1-17(2,9-10-18-3)8-7-14-5-6-15-16(13-14)20-12-4-11-19-15/h5-6,13,18H,4,7-12H2,1-3H3. The van der Waals surface area contributed by atoms with Gasteiger partial charge in [-0.05, 0) is 56.0 Å². The summed E-state index contributed by atoms with van der Waals surface area (Å²) in [5.74, 6) is 1.80. The zero-order chi connectivity index (χ0) is 14.4. The van der Waals surface area contributed by atoms with E-state index in [9.17, 15) is 0 Å². The highest BCUT2D eigenvalue weighted by Crippen LogP contribution is 2.32. The first-order chi connectivity index (χ1) is 9.61. The van der Waals surface area contributed by atoms with Gasteiger partial charge in [0.05, 0.1) is 13.2 Å². The normalized spacial score (nSPS) is 14.9. The number of benzene rings is 1. The molecule has 0 spiro atoms. The van der Waals surface area contributed by atoms with Gasteiger partial charge in [-0.3, -0.25) is 0 Å². The molecule has 1 aliphatic rings. The van der Waals surface area contributed by atoms with Crippen LogP contribution >= 0.6 is 0 Å². The third-order valence-electron chi connectivity index (χ3n) is 3.95. The lowest BCUT2D eigenvalue weighted by atomic mass is 9.83. The summed E-state index contributed by atoms with van der Waals surface area (Å²) in [5.41, 5.74) is 1.71. The van der Waals surface area contributed by atoms with Gasteiger partial charge in [-0.1, -0.05) is 19.9 Å². The number of hydrogen-bond donors (Lipinski definition) is 1. The third-order valence-corrected chi connectivity index (χ3v) is 3.95. The molecule has 1 aliphatic heterocycles. The van der Waals surface area contributed by atoms with E-state index in [1.807, 2.05) is 7.05 Å². The second kappa shape index (κ2) is 6.98. The van der Waals surface area contributed by atoms with E-state index in [1.165, 1.54) is 18.4 Å². The van der Waals surface area contributed by atoms with E-state index >= 15 is 0 Å². The molecule has 0 fully saturated rings.